The van der Waals surface area contributed by atoms with Gasteiger partial charge < -0.3 is 10.6 Å². The molecule has 0 aliphatic heterocycles. The van der Waals surface area contributed by atoms with E-state index < -0.39 is 23.6 Å². The van der Waals surface area contributed by atoms with E-state index in [1.54, 1.807) is 6.07 Å². The minimum atomic E-state index is -4.55. The van der Waals surface area contributed by atoms with Gasteiger partial charge in [-0.05, 0) is 54.7 Å². The first-order chi connectivity index (χ1) is 21.5. The molecule has 13 heteroatoms. The second-order valence-electron chi connectivity index (χ2n) is 10.5. The van der Waals surface area contributed by atoms with Crippen molar-refractivity contribution < 1.29 is 18.9 Å². The van der Waals surface area contributed by atoms with Crippen molar-refractivity contribution in [1.29, 1.82) is 5.26 Å². The number of nitrogens with one attached hydrogen (secondary N) is 2. The number of hydrogen-bond donors (Lipinski definition) is 2. The Bertz CT molecular complexity index is 1870. The van der Waals surface area contributed by atoms with Crippen LogP contribution in [-0.4, -0.2) is 31.1 Å². The van der Waals surface area contributed by atoms with Crippen LogP contribution in [0.2, 0.25) is 5.02 Å². The van der Waals surface area contributed by atoms with Crippen LogP contribution in [0.1, 0.15) is 55.9 Å². The molecule has 224 valence electrons. The molecule has 2 N–H and O–H groups in total. The number of nitrogens with zero attached hydrogens (tertiary/aromatic N) is 6. The van der Waals surface area contributed by atoms with Gasteiger partial charge in [-0.25, -0.2) is 19.0 Å². The third kappa shape index (κ3) is 5.75. The van der Waals surface area contributed by atoms with Gasteiger partial charge in [0.25, 0.3) is 0 Å². The van der Waals surface area contributed by atoms with Crippen molar-refractivity contribution in [3.8, 4) is 6.07 Å². The lowest BCUT2D eigenvalue weighted by molar-refractivity contribution is -0.182. The smallest absolute Gasteiger partial charge is 0.373 e. The van der Waals surface area contributed by atoms with Crippen LogP contribution in [-0.2, 0) is 5.54 Å². The Labute approximate surface area is 256 Å². The number of rotatable bonds is 10. The average Bonchev–Trinajstić information content (AvgIpc) is 3.70. The molecular formula is C31H25ClF4N8. The molecule has 2 unspecified atom stereocenters. The van der Waals surface area contributed by atoms with Crippen LogP contribution in [0, 0.1) is 17.1 Å². The van der Waals surface area contributed by atoms with E-state index in [9.17, 15) is 24.2 Å². The molecule has 2 aromatic heterocycles. The van der Waals surface area contributed by atoms with Crippen LogP contribution in [0.15, 0.2) is 79.3 Å². The van der Waals surface area contributed by atoms with Crippen molar-refractivity contribution in [3.05, 3.63) is 107 Å². The molecule has 0 spiro atoms. The maximum absolute atomic E-state index is 13.9. The average molecular weight is 622 g/mol. The van der Waals surface area contributed by atoms with Gasteiger partial charge in [0.2, 0.25) is 0 Å². The SMILES string of the molecule is [2H]C(Nc1cc(Cl)c2ncnc(NC(CCC#N)c3ccccc3)c2c1)(c1ccc(F)cc1)c1cn(C2(C(F)(F)F)CC2)nn1. The summed E-state index contributed by atoms with van der Waals surface area (Å²) in [7, 11) is 0. The fraction of sp³-hybridized carbons (Fsp3) is 0.258. The van der Waals surface area contributed by atoms with E-state index in [0.717, 1.165) is 28.6 Å². The number of benzene rings is 3. The van der Waals surface area contributed by atoms with Gasteiger partial charge in [0, 0.05) is 17.5 Å². The zero-order chi connectivity index (χ0) is 31.8. The minimum absolute atomic E-state index is 0.135. The quantitative estimate of drug-likeness (QED) is 0.154. The molecule has 1 aliphatic carbocycles. The van der Waals surface area contributed by atoms with Gasteiger partial charge in [-0.3, -0.25) is 0 Å². The van der Waals surface area contributed by atoms with E-state index in [2.05, 4.69) is 37.0 Å². The number of hydrogen-bond acceptors (Lipinski definition) is 7. The Morgan fingerprint density at radius 3 is 2.48 bits per heavy atom. The second kappa shape index (κ2) is 11.7. The molecule has 1 aliphatic rings. The van der Waals surface area contributed by atoms with Crippen molar-refractivity contribution in [3.63, 3.8) is 0 Å². The van der Waals surface area contributed by atoms with Gasteiger partial charge in [0.1, 0.15) is 23.7 Å². The third-order valence-corrected chi connectivity index (χ3v) is 7.88. The zero-order valence-electron chi connectivity index (χ0n) is 24.0. The topological polar surface area (TPSA) is 104 Å². The first-order valence-corrected chi connectivity index (χ1v) is 14.1. The fourth-order valence-corrected chi connectivity index (χ4v) is 5.35. The first kappa shape index (κ1) is 28.0. The van der Waals surface area contributed by atoms with Gasteiger partial charge in [-0.1, -0.05) is 59.3 Å². The minimum Gasteiger partial charge on any atom is -0.373 e. The lowest BCUT2D eigenvalue weighted by atomic mass is 10.0. The van der Waals surface area contributed by atoms with E-state index in [0.29, 0.717) is 35.2 Å². The summed E-state index contributed by atoms with van der Waals surface area (Å²) in [5.74, 6) is -0.133. The normalized spacial score (nSPS) is 16.4. The lowest BCUT2D eigenvalue weighted by Gasteiger charge is -2.22. The van der Waals surface area contributed by atoms with E-state index in [-0.39, 0.29) is 35.2 Å². The number of halogens is 5. The second-order valence-corrected chi connectivity index (χ2v) is 10.9. The van der Waals surface area contributed by atoms with Crippen molar-refractivity contribution >= 4 is 34.0 Å². The van der Waals surface area contributed by atoms with Crippen molar-refractivity contribution in [2.45, 2.75) is 49.5 Å². The predicted octanol–water partition coefficient (Wildman–Crippen LogP) is 7.72. The number of nitriles is 1. The Morgan fingerprint density at radius 2 is 1.80 bits per heavy atom. The molecule has 44 heavy (non-hydrogen) atoms. The molecule has 0 bridgehead atoms. The number of fused-ring (bicyclic) bond motifs is 1. The molecule has 8 nitrogen and oxygen atoms in total. The summed E-state index contributed by atoms with van der Waals surface area (Å²) in [4.78, 5) is 8.76. The molecule has 6 rings (SSSR count). The summed E-state index contributed by atoms with van der Waals surface area (Å²) < 4.78 is 65.7. The maximum Gasteiger partial charge on any atom is 0.413 e. The van der Waals surface area contributed by atoms with Gasteiger partial charge >= 0.3 is 6.18 Å². The highest BCUT2D eigenvalue weighted by molar-refractivity contribution is 6.35. The van der Waals surface area contributed by atoms with E-state index in [1.807, 2.05) is 30.3 Å². The first-order valence-electron chi connectivity index (χ1n) is 14.2. The van der Waals surface area contributed by atoms with Crippen LogP contribution in [0.25, 0.3) is 10.9 Å². The summed E-state index contributed by atoms with van der Waals surface area (Å²) in [5, 5.41) is 24.1. The molecular weight excluding hydrogens is 596 g/mol. The van der Waals surface area contributed by atoms with Gasteiger partial charge in [0.05, 0.1) is 36.2 Å². The summed E-state index contributed by atoms with van der Waals surface area (Å²) in [6.07, 6.45) is -1.61. The Balaban J connectivity index is 1.41. The highest BCUT2D eigenvalue weighted by atomic mass is 35.5. The molecule has 1 saturated carbocycles. The molecule has 2 heterocycles. The van der Waals surface area contributed by atoms with Gasteiger partial charge in [-0.2, -0.15) is 18.4 Å². The van der Waals surface area contributed by atoms with Gasteiger partial charge in [0.15, 0.2) is 5.54 Å². The Morgan fingerprint density at radius 1 is 1.05 bits per heavy atom. The molecule has 0 amide bonds. The summed E-state index contributed by atoms with van der Waals surface area (Å²) in [6, 6.07) is 17.6. The lowest BCUT2D eigenvalue weighted by Crippen LogP contribution is -2.35. The number of alkyl halides is 3. The molecule has 1 fully saturated rings. The van der Waals surface area contributed by atoms with E-state index in [1.165, 1.54) is 24.5 Å². The molecule has 0 saturated heterocycles. The van der Waals surface area contributed by atoms with Crippen LogP contribution in [0.4, 0.5) is 29.1 Å². The van der Waals surface area contributed by atoms with E-state index in [4.69, 9.17) is 11.6 Å². The molecule has 3 aromatic carbocycles. The molecule has 2 atom stereocenters. The summed E-state index contributed by atoms with van der Waals surface area (Å²) in [5.41, 5.74) is -0.457. The van der Waals surface area contributed by atoms with Crippen LogP contribution >= 0.6 is 11.6 Å². The van der Waals surface area contributed by atoms with Crippen LogP contribution < -0.4 is 10.6 Å². The highest BCUT2D eigenvalue weighted by Crippen LogP contribution is 2.55. The number of anilines is 2. The van der Waals surface area contributed by atoms with Crippen molar-refractivity contribution in [2.24, 2.45) is 0 Å². The standard InChI is InChI=1S/C31H25ClF4N8/c32-24-16-22(15-23-28(24)38-18-39-29(23)41-25(7-4-14-37)19-5-2-1-3-6-19)40-27(20-8-10-21(33)11-9-20)26-17-44(43-42-26)30(12-13-30)31(34,35)36/h1-3,5-6,8-11,15-18,25,27,40H,4,7,12-13H2,(H,38,39,41)/i27D. The zero-order valence-corrected chi connectivity index (χ0v) is 23.7. The summed E-state index contributed by atoms with van der Waals surface area (Å²) in [6.45, 7) is 0. The number of aromatic nitrogens is 5. The largest absolute Gasteiger partial charge is 0.413 e. The van der Waals surface area contributed by atoms with E-state index >= 15 is 0 Å². The molecule has 0 radical (unpaired) electrons. The maximum atomic E-state index is 13.9. The van der Waals surface area contributed by atoms with Crippen LogP contribution in [0.5, 0.6) is 0 Å². The Hall–Kier alpha value is -4.76. The van der Waals surface area contributed by atoms with Crippen molar-refractivity contribution in [2.75, 3.05) is 10.6 Å². The predicted molar refractivity (Wildman–Crippen MR) is 157 cm³/mol. The highest BCUT2D eigenvalue weighted by Gasteiger charge is 2.66. The monoisotopic (exact) mass is 621 g/mol. The molecule has 5 aromatic rings. The fourth-order valence-electron chi connectivity index (χ4n) is 5.09. The Kier molecular flexibility index (Phi) is 7.47. The van der Waals surface area contributed by atoms with Crippen molar-refractivity contribution in [1.82, 2.24) is 25.0 Å². The van der Waals surface area contributed by atoms with Crippen LogP contribution in [0.3, 0.4) is 0 Å². The summed E-state index contributed by atoms with van der Waals surface area (Å²) >= 11 is 6.67. The van der Waals surface area contributed by atoms with Gasteiger partial charge in [-0.15, -0.1) is 5.10 Å². The third-order valence-electron chi connectivity index (χ3n) is 7.59.